The molecule has 7 heteroatoms. The summed E-state index contributed by atoms with van der Waals surface area (Å²) in [5.74, 6) is -0.433. The molecule has 3 N–H and O–H groups in total. The van der Waals surface area contributed by atoms with E-state index in [0.717, 1.165) is 42.5 Å². The van der Waals surface area contributed by atoms with Crippen LogP contribution in [0.2, 0.25) is 0 Å². The van der Waals surface area contributed by atoms with Gasteiger partial charge >= 0.3 is 0 Å². The van der Waals surface area contributed by atoms with Crippen molar-refractivity contribution in [3.05, 3.63) is 58.7 Å². The maximum absolute atomic E-state index is 13.4. The van der Waals surface area contributed by atoms with Gasteiger partial charge in [0.1, 0.15) is 6.04 Å². The summed E-state index contributed by atoms with van der Waals surface area (Å²) in [6.07, 6.45) is 3.17. The summed E-state index contributed by atoms with van der Waals surface area (Å²) < 4.78 is 0. The number of anilines is 2. The van der Waals surface area contributed by atoms with Crippen molar-refractivity contribution in [2.45, 2.75) is 58.5 Å². The van der Waals surface area contributed by atoms with E-state index in [4.69, 9.17) is 0 Å². The number of carbonyl (C=O) groups is 3. The molecular formula is C26H32N4O3. The summed E-state index contributed by atoms with van der Waals surface area (Å²) in [5.41, 5.74) is 4.75. The number of rotatable bonds is 5. The average Bonchev–Trinajstić information content (AvgIpc) is 3.46. The number of amides is 3. The highest BCUT2D eigenvalue weighted by Gasteiger charge is 2.36. The van der Waals surface area contributed by atoms with Crippen molar-refractivity contribution in [1.82, 2.24) is 10.2 Å². The van der Waals surface area contributed by atoms with E-state index in [1.165, 1.54) is 0 Å². The van der Waals surface area contributed by atoms with Gasteiger partial charge in [0.25, 0.3) is 5.91 Å². The number of nitrogens with one attached hydrogen (secondary N) is 3. The molecule has 4 rings (SSSR count). The van der Waals surface area contributed by atoms with Gasteiger partial charge in [0, 0.05) is 12.1 Å². The fourth-order valence-electron chi connectivity index (χ4n) is 4.99. The van der Waals surface area contributed by atoms with Gasteiger partial charge in [-0.15, -0.1) is 0 Å². The summed E-state index contributed by atoms with van der Waals surface area (Å²) in [4.78, 5) is 40.9. The normalized spacial score (nSPS) is 20.0. The zero-order valence-electron chi connectivity index (χ0n) is 19.5. The molecule has 2 aliphatic rings. The molecule has 0 unspecified atom stereocenters. The summed E-state index contributed by atoms with van der Waals surface area (Å²) in [5, 5.41) is 9.07. The first-order valence-corrected chi connectivity index (χ1v) is 11.7. The van der Waals surface area contributed by atoms with Gasteiger partial charge in [-0.25, -0.2) is 0 Å². The van der Waals surface area contributed by atoms with Gasteiger partial charge in [-0.05, 0) is 76.3 Å². The van der Waals surface area contributed by atoms with E-state index in [1.54, 1.807) is 17.0 Å². The van der Waals surface area contributed by atoms with E-state index in [2.05, 4.69) is 16.0 Å². The first-order valence-electron chi connectivity index (χ1n) is 11.7. The predicted molar refractivity (Wildman–Crippen MR) is 129 cm³/mol. The minimum atomic E-state index is -0.544. The molecule has 33 heavy (non-hydrogen) atoms. The van der Waals surface area contributed by atoms with Gasteiger partial charge in [-0.2, -0.15) is 0 Å². The second kappa shape index (κ2) is 9.75. The van der Waals surface area contributed by atoms with E-state index < -0.39 is 6.04 Å². The molecule has 2 heterocycles. The lowest BCUT2D eigenvalue weighted by molar-refractivity contribution is -0.120. The van der Waals surface area contributed by atoms with Crippen LogP contribution in [-0.4, -0.2) is 47.8 Å². The highest BCUT2D eigenvalue weighted by atomic mass is 16.2. The molecule has 2 aromatic rings. The maximum atomic E-state index is 13.4. The molecule has 0 radical (unpaired) electrons. The topological polar surface area (TPSA) is 90.5 Å². The number of para-hydroxylation sites is 2. The van der Waals surface area contributed by atoms with Crippen LogP contribution in [0.3, 0.4) is 0 Å². The quantitative estimate of drug-likeness (QED) is 0.653. The van der Waals surface area contributed by atoms with Crippen LogP contribution in [0, 0.1) is 20.8 Å². The van der Waals surface area contributed by atoms with E-state index in [9.17, 15) is 14.4 Å². The molecule has 0 aliphatic carbocycles. The van der Waals surface area contributed by atoms with Crippen molar-refractivity contribution in [2.24, 2.45) is 0 Å². The second-order valence-electron chi connectivity index (χ2n) is 9.10. The van der Waals surface area contributed by atoms with E-state index in [0.29, 0.717) is 29.9 Å². The molecule has 7 nitrogen and oxygen atoms in total. The Kier molecular flexibility index (Phi) is 6.79. The molecular weight excluding hydrogens is 416 g/mol. The molecule has 0 saturated carbocycles. The van der Waals surface area contributed by atoms with Crippen LogP contribution in [0.25, 0.3) is 0 Å². The average molecular weight is 449 g/mol. The summed E-state index contributed by atoms with van der Waals surface area (Å²) in [7, 11) is 0. The first-order chi connectivity index (χ1) is 15.8. The molecule has 2 aliphatic heterocycles. The fraction of sp³-hybridized carbons (Fsp3) is 0.423. The van der Waals surface area contributed by atoms with Crippen LogP contribution in [0.1, 0.15) is 52.7 Å². The smallest absolute Gasteiger partial charge is 0.255 e. The van der Waals surface area contributed by atoms with Crippen LogP contribution < -0.4 is 16.0 Å². The van der Waals surface area contributed by atoms with Gasteiger partial charge < -0.3 is 20.9 Å². The molecule has 0 bridgehead atoms. The minimum Gasteiger partial charge on any atom is -0.327 e. The molecule has 2 aromatic carbocycles. The molecule has 0 spiro atoms. The van der Waals surface area contributed by atoms with Crippen LogP contribution >= 0.6 is 0 Å². The number of aryl methyl sites for hydroxylation is 3. The van der Waals surface area contributed by atoms with Crippen molar-refractivity contribution < 1.29 is 14.4 Å². The maximum Gasteiger partial charge on any atom is 0.255 e. The standard InChI is InChI=1S/C26H32N4O3/c1-16-14-17(2)23(18(3)15-16)26(33)30-13-7-11-22(30)25(32)29-20-9-5-4-8-19(20)28-24(31)21-10-6-12-27-21/h4-5,8-9,14-15,21-22,27H,6-7,10-13H2,1-3H3,(H,28,31)(H,29,32)/t21-,22-/m0/s1. The monoisotopic (exact) mass is 448 g/mol. The lowest BCUT2D eigenvalue weighted by atomic mass is 9.98. The predicted octanol–water partition coefficient (Wildman–Crippen LogP) is 3.55. The number of nitrogens with zero attached hydrogens (tertiary/aromatic N) is 1. The Hall–Kier alpha value is -3.19. The first kappa shape index (κ1) is 23.0. The number of hydrogen-bond acceptors (Lipinski definition) is 4. The van der Waals surface area contributed by atoms with Crippen molar-refractivity contribution >= 4 is 29.1 Å². The number of likely N-dealkylation sites (tertiary alicyclic amines) is 1. The lowest BCUT2D eigenvalue weighted by Gasteiger charge is -2.26. The third kappa shape index (κ3) is 4.93. The third-order valence-corrected chi connectivity index (χ3v) is 6.53. The summed E-state index contributed by atoms with van der Waals surface area (Å²) >= 11 is 0. The Bertz CT molecular complexity index is 1050. The Morgan fingerprint density at radius 2 is 1.55 bits per heavy atom. The van der Waals surface area contributed by atoms with Gasteiger partial charge in [-0.3, -0.25) is 14.4 Å². The number of benzene rings is 2. The Balaban J connectivity index is 1.50. The van der Waals surface area contributed by atoms with E-state index in [-0.39, 0.29) is 23.8 Å². The second-order valence-corrected chi connectivity index (χ2v) is 9.10. The van der Waals surface area contributed by atoms with Gasteiger partial charge in [0.2, 0.25) is 11.8 Å². The highest BCUT2D eigenvalue weighted by molar-refractivity contribution is 6.05. The van der Waals surface area contributed by atoms with Crippen molar-refractivity contribution in [3.8, 4) is 0 Å². The SMILES string of the molecule is Cc1cc(C)c(C(=O)N2CCC[C@H]2C(=O)Nc2ccccc2NC(=O)[C@@H]2CCCN2)c(C)c1. The lowest BCUT2D eigenvalue weighted by Crippen LogP contribution is -2.43. The summed E-state index contributed by atoms with van der Waals surface area (Å²) in [6.45, 7) is 7.28. The van der Waals surface area contributed by atoms with Gasteiger partial charge in [-0.1, -0.05) is 29.8 Å². The van der Waals surface area contributed by atoms with Gasteiger partial charge in [0.15, 0.2) is 0 Å². The van der Waals surface area contributed by atoms with E-state index in [1.807, 2.05) is 45.0 Å². The molecule has 3 amide bonds. The molecule has 2 fully saturated rings. The van der Waals surface area contributed by atoms with E-state index >= 15 is 0 Å². The fourth-order valence-corrected chi connectivity index (χ4v) is 4.99. The molecule has 2 saturated heterocycles. The largest absolute Gasteiger partial charge is 0.327 e. The molecule has 174 valence electrons. The minimum absolute atomic E-state index is 0.0998. The van der Waals surface area contributed by atoms with Crippen LogP contribution in [0.5, 0.6) is 0 Å². The van der Waals surface area contributed by atoms with Crippen molar-refractivity contribution in [1.29, 1.82) is 0 Å². The van der Waals surface area contributed by atoms with Gasteiger partial charge in [0.05, 0.1) is 17.4 Å². The molecule has 2 atom stereocenters. The third-order valence-electron chi connectivity index (χ3n) is 6.53. The zero-order chi connectivity index (χ0) is 23.5. The highest BCUT2D eigenvalue weighted by Crippen LogP contribution is 2.27. The van der Waals surface area contributed by atoms with Crippen LogP contribution in [0.4, 0.5) is 11.4 Å². The Labute approximate surface area is 194 Å². The number of carbonyl (C=O) groups excluding carboxylic acids is 3. The van der Waals surface area contributed by atoms with Crippen LogP contribution in [0.15, 0.2) is 36.4 Å². The molecule has 0 aromatic heterocycles. The van der Waals surface area contributed by atoms with Crippen molar-refractivity contribution in [2.75, 3.05) is 23.7 Å². The Morgan fingerprint density at radius 3 is 2.15 bits per heavy atom. The Morgan fingerprint density at radius 1 is 0.909 bits per heavy atom. The summed E-state index contributed by atoms with van der Waals surface area (Å²) in [6, 6.07) is 10.4. The van der Waals surface area contributed by atoms with Crippen LogP contribution in [-0.2, 0) is 9.59 Å². The van der Waals surface area contributed by atoms with Crippen molar-refractivity contribution in [3.63, 3.8) is 0 Å². The number of hydrogen-bond donors (Lipinski definition) is 3. The zero-order valence-corrected chi connectivity index (χ0v) is 19.5.